The van der Waals surface area contributed by atoms with Gasteiger partial charge in [0.05, 0.1) is 36.8 Å². The summed E-state index contributed by atoms with van der Waals surface area (Å²) >= 11 is 0. The maximum Gasteiger partial charge on any atom is 0.255 e. The Morgan fingerprint density at radius 2 is 1.83 bits per heavy atom. The monoisotopic (exact) mass is 432 g/mol. The summed E-state index contributed by atoms with van der Waals surface area (Å²) in [5.74, 6) is -0.0505. The van der Waals surface area contributed by atoms with E-state index in [4.69, 9.17) is 9.47 Å². The van der Waals surface area contributed by atoms with Crippen LogP contribution in [-0.4, -0.2) is 52.0 Å². The quantitative estimate of drug-likeness (QED) is 0.727. The molecule has 1 atom stereocenters. The van der Waals surface area contributed by atoms with Crippen LogP contribution in [0.5, 0.6) is 5.75 Å². The van der Waals surface area contributed by atoms with Gasteiger partial charge in [-0.2, -0.15) is 4.31 Å². The zero-order valence-corrected chi connectivity index (χ0v) is 18.4. The second-order valence-electron chi connectivity index (χ2n) is 7.22. The van der Waals surface area contributed by atoms with Gasteiger partial charge in [0.2, 0.25) is 10.0 Å². The van der Waals surface area contributed by atoms with Gasteiger partial charge in [-0.15, -0.1) is 0 Å². The Hall–Kier alpha value is -2.42. The van der Waals surface area contributed by atoms with Gasteiger partial charge in [-0.1, -0.05) is 36.8 Å². The molecule has 0 radical (unpaired) electrons. The lowest BCUT2D eigenvalue weighted by molar-refractivity contribution is 0.0730. The number of benzene rings is 2. The van der Waals surface area contributed by atoms with Gasteiger partial charge < -0.3 is 14.8 Å². The Kier molecular flexibility index (Phi) is 7.12. The Morgan fingerprint density at radius 3 is 2.43 bits per heavy atom. The van der Waals surface area contributed by atoms with Crippen molar-refractivity contribution in [3.63, 3.8) is 0 Å². The summed E-state index contributed by atoms with van der Waals surface area (Å²) in [4.78, 5) is 13.1. The summed E-state index contributed by atoms with van der Waals surface area (Å²) in [6, 6.07) is 12.2. The average molecular weight is 433 g/mol. The maximum atomic E-state index is 13.1. The molecule has 1 aliphatic heterocycles. The number of morpholine rings is 1. The summed E-state index contributed by atoms with van der Waals surface area (Å²) in [6.45, 7) is 5.30. The van der Waals surface area contributed by atoms with Gasteiger partial charge in [0.25, 0.3) is 5.91 Å². The molecule has 2 aromatic carbocycles. The fourth-order valence-electron chi connectivity index (χ4n) is 3.42. The van der Waals surface area contributed by atoms with Crippen molar-refractivity contribution in [3.05, 3.63) is 59.2 Å². The summed E-state index contributed by atoms with van der Waals surface area (Å²) in [6.07, 6.45) is 0.697. The van der Waals surface area contributed by atoms with Gasteiger partial charge in [0.15, 0.2) is 0 Å². The van der Waals surface area contributed by atoms with E-state index in [2.05, 4.69) is 5.32 Å². The molecule has 0 spiro atoms. The molecule has 0 unspecified atom stereocenters. The molecule has 1 saturated heterocycles. The number of carbonyl (C=O) groups excluding carboxylic acids is 1. The van der Waals surface area contributed by atoms with E-state index in [1.54, 1.807) is 0 Å². The number of methoxy groups -OCH3 is 1. The summed E-state index contributed by atoms with van der Waals surface area (Å²) in [5.41, 5.74) is 2.33. The third-order valence-corrected chi connectivity index (χ3v) is 7.11. The van der Waals surface area contributed by atoms with Crippen molar-refractivity contribution in [2.45, 2.75) is 31.2 Å². The Balaban J connectivity index is 1.89. The van der Waals surface area contributed by atoms with Crippen LogP contribution in [0.4, 0.5) is 0 Å². The molecule has 30 heavy (non-hydrogen) atoms. The topological polar surface area (TPSA) is 84.9 Å². The van der Waals surface area contributed by atoms with E-state index in [0.717, 1.165) is 11.1 Å². The first-order valence-corrected chi connectivity index (χ1v) is 11.4. The Bertz CT molecular complexity index is 983. The molecule has 0 bridgehead atoms. The molecule has 3 rings (SSSR count). The summed E-state index contributed by atoms with van der Waals surface area (Å²) in [7, 11) is -2.26. The minimum absolute atomic E-state index is 0.0683. The molecule has 1 aliphatic rings. The number of nitrogens with one attached hydrogen (secondary N) is 1. The number of aryl methyl sites for hydroxylation is 1. The molecule has 0 aliphatic carbocycles. The molecule has 1 amide bonds. The van der Waals surface area contributed by atoms with Crippen LogP contribution in [-0.2, 0) is 14.8 Å². The van der Waals surface area contributed by atoms with Crippen molar-refractivity contribution in [1.29, 1.82) is 0 Å². The number of hydrogen-bond acceptors (Lipinski definition) is 5. The highest BCUT2D eigenvalue weighted by Gasteiger charge is 2.28. The highest BCUT2D eigenvalue weighted by molar-refractivity contribution is 7.89. The van der Waals surface area contributed by atoms with Crippen molar-refractivity contribution >= 4 is 15.9 Å². The van der Waals surface area contributed by atoms with Crippen LogP contribution >= 0.6 is 0 Å². The molecule has 1 heterocycles. The van der Waals surface area contributed by atoms with Gasteiger partial charge in [-0.05, 0) is 37.1 Å². The largest absolute Gasteiger partial charge is 0.496 e. The van der Waals surface area contributed by atoms with Crippen LogP contribution in [0.2, 0.25) is 0 Å². The number of amides is 1. The maximum absolute atomic E-state index is 13.1. The Labute approximate surface area is 178 Å². The van der Waals surface area contributed by atoms with Crippen molar-refractivity contribution in [3.8, 4) is 5.75 Å². The van der Waals surface area contributed by atoms with Crippen LogP contribution in [0.25, 0.3) is 0 Å². The van der Waals surface area contributed by atoms with Crippen molar-refractivity contribution in [1.82, 2.24) is 9.62 Å². The number of carbonyl (C=O) groups is 1. The van der Waals surface area contributed by atoms with Crippen LogP contribution < -0.4 is 10.1 Å². The van der Waals surface area contributed by atoms with Crippen molar-refractivity contribution in [2.75, 3.05) is 33.4 Å². The summed E-state index contributed by atoms with van der Waals surface area (Å²) < 4.78 is 37.9. The summed E-state index contributed by atoms with van der Waals surface area (Å²) in [5, 5.41) is 3.00. The molecular formula is C22H28N2O5S. The highest BCUT2D eigenvalue weighted by atomic mass is 32.2. The highest BCUT2D eigenvalue weighted by Crippen LogP contribution is 2.26. The van der Waals surface area contributed by atoms with E-state index < -0.39 is 10.0 Å². The lowest BCUT2D eigenvalue weighted by Crippen LogP contribution is -2.40. The van der Waals surface area contributed by atoms with Gasteiger partial charge in [-0.25, -0.2) is 8.42 Å². The standard InChI is InChI=1S/C22H28N2O5S/c1-4-20(17-7-5-16(2)6-8-17)23-22(25)19-15-18(9-10-21(19)28-3)30(26,27)24-11-13-29-14-12-24/h5-10,15,20H,4,11-14H2,1-3H3,(H,23,25)/t20-/m1/s1. The molecule has 1 N–H and O–H groups in total. The predicted molar refractivity (Wildman–Crippen MR) is 114 cm³/mol. The minimum atomic E-state index is -3.72. The first kappa shape index (κ1) is 22.3. The molecule has 7 nitrogen and oxygen atoms in total. The van der Waals surface area contributed by atoms with Gasteiger partial charge in [-0.3, -0.25) is 4.79 Å². The third kappa shape index (κ3) is 4.83. The van der Waals surface area contributed by atoms with Crippen LogP contribution in [0.3, 0.4) is 0 Å². The van der Waals surface area contributed by atoms with Crippen molar-refractivity contribution < 1.29 is 22.7 Å². The number of ether oxygens (including phenoxy) is 2. The zero-order valence-electron chi connectivity index (χ0n) is 17.6. The lowest BCUT2D eigenvalue weighted by atomic mass is 10.0. The molecule has 0 aromatic heterocycles. The number of nitrogens with zero attached hydrogens (tertiary/aromatic N) is 1. The Morgan fingerprint density at radius 1 is 1.17 bits per heavy atom. The first-order valence-electron chi connectivity index (χ1n) is 10.00. The van der Waals surface area contributed by atoms with E-state index in [1.165, 1.54) is 29.6 Å². The molecule has 8 heteroatoms. The molecule has 2 aromatic rings. The molecule has 0 saturated carbocycles. The SMILES string of the molecule is CC[C@@H](NC(=O)c1cc(S(=O)(=O)N2CCOCC2)ccc1OC)c1ccc(C)cc1. The minimum Gasteiger partial charge on any atom is -0.496 e. The zero-order chi connectivity index (χ0) is 21.7. The molecular weight excluding hydrogens is 404 g/mol. The van der Waals surface area contributed by atoms with E-state index in [-0.39, 0.29) is 22.4 Å². The number of hydrogen-bond donors (Lipinski definition) is 1. The van der Waals surface area contributed by atoms with E-state index >= 15 is 0 Å². The fourth-order valence-corrected chi connectivity index (χ4v) is 4.85. The third-order valence-electron chi connectivity index (χ3n) is 5.22. The van der Waals surface area contributed by atoms with Crippen molar-refractivity contribution in [2.24, 2.45) is 0 Å². The normalized spacial score (nSPS) is 16.1. The predicted octanol–water partition coefficient (Wildman–Crippen LogP) is 2.91. The van der Waals surface area contributed by atoms with Crippen LogP contribution in [0, 0.1) is 6.92 Å². The van der Waals surface area contributed by atoms with E-state index in [0.29, 0.717) is 38.5 Å². The van der Waals surface area contributed by atoms with Gasteiger partial charge in [0, 0.05) is 13.1 Å². The molecule has 162 valence electrons. The smallest absolute Gasteiger partial charge is 0.255 e. The van der Waals surface area contributed by atoms with Crippen LogP contribution in [0.15, 0.2) is 47.4 Å². The lowest BCUT2D eigenvalue weighted by Gasteiger charge is -2.26. The van der Waals surface area contributed by atoms with Gasteiger partial charge >= 0.3 is 0 Å². The van der Waals surface area contributed by atoms with Gasteiger partial charge in [0.1, 0.15) is 5.75 Å². The van der Waals surface area contributed by atoms with E-state index in [9.17, 15) is 13.2 Å². The first-order chi connectivity index (χ1) is 14.4. The fraction of sp³-hybridized carbons (Fsp3) is 0.409. The molecule has 1 fully saturated rings. The number of sulfonamides is 1. The average Bonchev–Trinajstić information content (AvgIpc) is 2.78. The van der Waals surface area contributed by atoms with Crippen LogP contribution in [0.1, 0.15) is 40.9 Å². The van der Waals surface area contributed by atoms with E-state index in [1.807, 2.05) is 38.1 Å². The second-order valence-corrected chi connectivity index (χ2v) is 9.16. The second kappa shape index (κ2) is 9.59. The number of rotatable bonds is 7.